The number of rotatable bonds is 6. The largest absolute Gasteiger partial charge is 0.497 e. The van der Waals surface area contributed by atoms with E-state index in [2.05, 4.69) is 0 Å². The van der Waals surface area contributed by atoms with Crippen LogP contribution in [0.4, 0.5) is 0 Å². The van der Waals surface area contributed by atoms with Crippen LogP contribution in [0.15, 0.2) is 64.2 Å². The van der Waals surface area contributed by atoms with Crippen molar-refractivity contribution in [2.75, 3.05) is 7.11 Å². The average molecular weight is 451 g/mol. The molecule has 7 nitrogen and oxygen atoms in total. The lowest BCUT2D eigenvalue weighted by molar-refractivity contribution is -0.145. The Morgan fingerprint density at radius 2 is 1.78 bits per heavy atom. The molecule has 0 N–H and O–H groups in total. The quantitative estimate of drug-likeness (QED) is 0.420. The molecule has 0 atom stereocenters. The Morgan fingerprint density at radius 1 is 1.03 bits per heavy atom. The van der Waals surface area contributed by atoms with Gasteiger partial charge in [0.1, 0.15) is 23.7 Å². The lowest BCUT2D eigenvalue weighted by atomic mass is 10.2. The summed E-state index contributed by atoms with van der Waals surface area (Å²) in [5, 5.41) is 0.422. The Bertz CT molecular complexity index is 1420. The first kappa shape index (κ1) is 21.6. The fraction of sp³-hybridized carbons (Fsp3) is 0.208. The molecule has 0 unspecified atom stereocenters. The van der Waals surface area contributed by atoms with Gasteiger partial charge < -0.3 is 9.47 Å². The van der Waals surface area contributed by atoms with Crippen molar-refractivity contribution in [2.24, 2.45) is 0 Å². The Morgan fingerprint density at radius 3 is 2.50 bits per heavy atom. The lowest BCUT2D eigenvalue weighted by Crippen LogP contribution is -2.40. The van der Waals surface area contributed by atoms with Crippen LogP contribution in [0.2, 0.25) is 0 Å². The molecule has 8 heteroatoms. The summed E-state index contributed by atoms with van der Waals surface area (Å²) < 4.78 is 13.0. The van der Waals surface area contributed by atoms with Crippen molar-refractivity contribution < 1.29 is 14.3 Å². The number of aromatic nitrogens is 2. The van der Waals surface area contributed by atoms with Crippen molar-refractivity contribution in [3.8, 4) is 11.4 Å². The lowest BCUT2D eigenvalue weighted by Gasteiger charge is -2.13. The number of hydrogen-bond acceptors (Lipinski definition) is 6. The van der Waals surface area contributed by atoms with Gasteiger partial charge in [0.25, 0.3) is 5.56 Å². The molecule has 2 aromatic heterocycles. The van der Waals surface area contributed by atoms with Gasteiger partial charge in [0.2, 0.25) is 0 Å². The van der Waals surface area contributed by atoms with Gasteiger partial charge in [-0.1, -0.05) is 36.4 Å². The zero-order chi connectivity index (χ0) is 22.8. The highest BCUT2D eigenvalue weighted by Gasteiger charge is 2.21. The number of ether oxygens (including phenoxy) is 2. The van der Waals surface area contributed by atoms with E-state index >= 15 is 0 Å². The minimum Gasteiger partial charge on any atom is -0.497 e. The topological polar surface area (TPSA) is 79.5 Å². The first-order valence-corrected chi connectivity index (χ1v) is 10.8. The van der Waals surface area contributed by atoms with Gasteiger partial charge >= 0.3 is 11.7 Å². The molecule has 2 heterocycles. The molecule has 4 aromatic rings. The third-order valence-electron chi connectivity index (χ3n) is 5.29. The smallest absolute Gasteiger partial charge is 0.337 e. The second kappa shape index (κ2) is 8.84. The van der Waals surface area contributed by atoms with Gasteiger partial charge in [-0.25, -0.2) is 9.36 Å². The summed E-state index contributed by atoms with van der Waals surface area (Å²) in [4.78, 5) is 40.7. The maximum atomic E-state index is 13.4. The number of thiophene rings is 1. The van der Waals surface area contributed by atoms with Crippen LogP contribution >= 0.6 is 11.3 Å². The van der Waals surface area contributed by atoms with Crippen molar-refractivity contribution in [2.45, 2.75) is 27.0 Å². The van der Waals surface area contributed by atoms with E-state index in [0.717, 1.165) is 20.6 Å². The predicted octanol–water partition coefficient (Wildman–Crippen LogP) is 3.58. The minimum atomic E-state index is -0.603. The number of esters is 1. The molecule has 0 saturated carbocycles. The van der Waals surface area contributed by atoms with E-state index in [1.165, 1.54) is 23.0 Å². The second-order valence-electron chi connectivity index (χ2n) is 7.32. The Kier molecular flexibility index (Phi) is 5.96. The molecule has 0 aliphatic carbocycles. The SMILES string of the molecule is COc1cccc(-n2c(=O)c3c(C)c(C)sc3n(CC(=O)OCc3ccccc3)c2=O)c1. The maximum absolute atomic E-state index is 13.4. The fourth-order valence-electron chi connectivity index (χ4n) is 3.49. The van der Waals surface area contributed by atoms with Crippen molar-refractivity contribution in [3.63, 3.8) is 0 Å². The number of nitrogens with zero attached hydrogens (tertiary/aromatic N) is 2. The van der Waals surface area contributed by atoms with Crippen LogP contribution in [0.25, 0.3) is 15.9 Å². The third kappa shape index (κ3) is 3.97. The summed E-state index contributed by atoms with van der Waals surface area (Å²) in [6, 6.07) is 16.0. The number of aryl methyl sites for hydroxylation is 2. The van der Waals surface area contributed by atoms with Crippen LogP contribution in [0.1, 0.15) is 16.0 Å². The van der Waals surface area contributed by atoms with Gasteiger partial charge in [-0.3, -0.25) is 14.2 Å². The summed E-state index contributed by atoms with van der Waals surface area (Å²) in [6.07, 6.45) is 0. The van der Waals surface area contributed by atoms with Crippen LogP contribution in [-0.4, -0.2) is 22.2 Å². The van der Waals surface area contributed by atoms with E-state index in [9.17, 15) is 14.4 Å². The first-order valence-electron chi connectivity index (χ1n) is 10.00. The van der Waals surface area contributed by atoms with Gasteiger partial charge in [0, 0.05) is 10.9 Å². The van der Waals surface area contributed by atoms with E-state index in [-0.39, 0.29) is 13.2 Å². The summed E-state index contributed by atoms with van der Waals surface area (Å²) in [5.74, 6) is -0.0438. The van der Waals surface area contributed by atoms with E-state index < -0.39 is 17.2 Å². The summed E-state index contributed by atoms with van der Waals surface area (Å²) >= 11 is 1.32. The molecule has 0 saturated heterocycles. The zero-order valence-electron chi connectivity index (χ0n) is 18.0. The van der Waals surface area contributed by atoms with Gasteiger partial charge in [0.05, 0.1) is 18.2 Å². The molecule has 0 spiro atoms. The van der Waals surface area contributed by atoms with Gasteiger partial charge in [-0.05, 0) is 37.1 Å². The Hall–Kier alpha value is -3.65. The van der Waals surface area contributed by atoms with Crippen molar-refractivity contribution in [1.29, 1.82) is 0 Å². The molecule has 0 aliphatic heterocycles. The molecular formula is C24H22N2O5S. The van der Waals surface area contributed by atoms with E-state index in [1.54, 1.807) is 24.3 Å². The summed E-state index contributed by atoms with van der Waals surface area (Å²) in [7, 11) is 1.51. The monoisotopic (exact) mass is 450 g/mol. The van der Waals surface area contributed by atoms with Crippen molar-refractivity contribution in [3.05, 3.63) is 91.4 Å². The molecule has 32 heavy (non-hydrogen) atoms. The van der Waals surface area contributed by atoms with Crippen LogP contribution in [0.5, 0.6) is 5.75 Å². The molecule has 4 rings (SSSR count). The third-order valence-corrected chi connectivity index (χ3v) is 6.52. The number of carbonyl (C=O) groups excluding carboxylic acids is 1. The second-order valence-corrected chi connectivity index (χ2v) is 8.52. The van der Waals surface area contributed by atoms with Gasteiger partial charge in [0.15, 0.2) is 0 Å². The molecule has 0 radical (unpaired) electrons. The number of hydrogen-bond donors (Lipinski definition) is 0. The molecule has 2 aromatic carbocycles. The van der Waals surface area contributed by atoms with Gasteiger partial charge in [-0.2, -0.15) is 0 Å². The van der Waals surface area contributed by atoms with Crippen molar-refractivity contribution in [1.82, 2.24) is 9.13 Å². The zero-order valence-corrected chi connectivity index (χ0v) is 18.8. The van der Waals surface area contributed by atoms with Crippen molar-refractivity contribution >= 4 is 27.5 Å². The molecule has 0 fully saturated rings. The predicted molar refractivity (Wildman–Crippen MR) is 124 cm³/mol. The summed E-state index contributed by atoms with van der Waals surface area (Å²) in [6.45, 7) is 3.54. The number of benzene rings is 2. The number of methoxy groups -OCH3 is 1. The molecule has 164 valence electrons. The molecule has 0 bridgehead atoms. The number of carbonyl (C=O) groups is 1. The fourth-order valence-corrected chi connectivity index (χ4v) is 4.63. The highest BCUT2D eigenvalue weighted by Crippen LogP contribution is 2.27. The Labute approximate surface area is 188 Å². The number of fused-ring (bicyclic) bond motifs is 1. The molecular weight excluding hydrogens is 428 g/mol. The molecule has 0 amide bonds. The molecule has 0 aliphatic rings. The maximum Gasteiger partial charge on any atom is 0.337 e. The van der Waals surface area contributed by atoms with Crippen LogP contribution < -0.4 is 16.0 Å². The van der Waals surface area contributed by atoms with E-state index in [4.69, 9.17) is 9.47 Å². The highest BCUT2D eigenvalue weighted by molar-refractivity contribution is 7.18. The summed E-state index contributed by atoms with van der Waals surface area (Å²) in [5.41, 5.74) is 0.985. The van der Waals surface area contributed by atoms with Crippen LogP contribution in [0, 0.1) is 13.8 Å². The first-order chi connectivity index (χ1) is 15.4. The van der Waals surface area contributed by atoms with E-state index in [1.807, 2.05) is 44.2 Å². The Balaban J connectivity index is 1.81. The standard InChI is InChI=1S/C24H22N2O5S/c1-15-16(2)32-23-21(15)22(28)26(18-10-7-11-19(12-18)30-3)24(29)25(23)13-20(27)31-14-17-8-5-4-6-9-17/h4-12H,13-14H2,1-3H3. The highest BCUT2D eigenvalue weighted by atomic mass is 32.1. The average Bonchev–Trinajstić information content (AvgIpc) is 3.10. The van der Waals surface area contributed by atoms with E-state index in [0.29, 0.717) is 21.7 Å². The van der Waals surface area contributed by atoms with Crippen LogP contribution in [0.3, 0.4) is 0 Å². The minimum absolute atomic E-state index is 0.107. The normalized spacial score (nSPS) is 11.0. The van der Waals surface area contributed by atoms with Gasteiger partial charge in [-0.15, -0.1) is 11.3 Å². The van der Waals surface area contributed by atoms with Crippen LogP contribution in [-0.2, 0) is 22.7 Å².